The van der Waals surface area contributed by atoms with Crippen LogP contribution in [0.4, 0.5) is 0 Å². The number of amides is 1. The van der Waals surface area contributed by atoms with Crippen molar-refractivity contribution in [2.75, 3.05) is 33.9 Å². The predicted octanol–water partition coefficient (Wildman–Crippen LogP) is 3.26. The fourth-order valence-corrected chi connectivity index (χ4v) is 3.94. The molecule has 0 fully saturated rings. The molecule has 2 heterocycles. The first-order chi connectivity index (χ1) is 12.6. The molecule has 1 aliphatic rings. The van der Waals surface area contributed by atoms with Gasteiger partial charge in [0.25, 0.3) is 0 Å². The van der Waals surface area contributed by atoms with Crippen molar-refractivity contribution < 1.29 is 14.3 Å². The average molecular weight is 375 g/mol. The summed E-state index contributed by atoms with van der Waals surface area (Å²) in [7, 11) is 4.08. The summed E-state index contributed by atoms with van der Waals surface area (Å²) in [6.07, 6.45) is 2.20. The smallest absolute Gasteiger partial charge is 0.220 e. The van der Waals surface area contributed by atoms with Gasteiger partial charge in [0, 0.05) is 17.8 Å². The third kappa shape index (κ3) is 4.99. The molecule has 1 unspecified atom stereocenters. The lowest BCUT2D eigenvalue weighted by Gasteiger charge is -2.23. The summed E-state index contributed by atoms with van der Waals surface area (Å²) in [5.41, 5.74) is 1.17. The summed E-state index contributed by atoms with van der Waals surface area (Å²) in [5, 5.41) is 5.14. The van der Waals surface area contributed by atoms with Crippen molar-refractivity contribution in [3.8, 4) is 11.5 Å². The second-order valence-corrected chi connectivity index (χ2v) is 7.61. The van der Waals surface area contributed by atoms with Gasteiger partial charge in [-0.05, 0) is 56.1 Å². The van der Waals surface area contributed by atoms with Crippen molar-refractivity contribution in [2.24, 2.45) is 0 Å². The molecule has 1 atom stereocenters. The normalized spacial score (nSPS) is 14.3. The van der Waals surface area contributed by atoms with Crippen molar-refractivity contribution >= 4 is 17.2 Å². The number of thiophene rings is 1. The molecule has 2 aromatic rings. The van der Waals surface area contributed by atoms with Gasteiger partial charge in [-0.1, -0.05) is 12.1 Å². The number of benzene rings is 1. The molecule has 1 aromatic heterocycles. The van der Waals surface area contributed by atoms with E-state index in [9.17, 15) is 4.79 Å². The Morgan fingerprint density at radius 3 is 2.77 bits per heavy atom. The maximum Gasteiger partial charge on any atom is 0.220 e. The second kappa shape index (κ2) is 9.05. The van der Waals surface area contributed by atoms with Gasteiger partial charge < -0.3 is 19.7 Å². The molecule has 0 saturated carbocycles. The van der Waals surface area contributed by atoms with Gasteiger partial charge in [0.1, 0.15) is 13.2 Å². The molecule has 1 aliphatic heterocycles. The number of nitrogens with one attached hydrogen (secondary N) is 1. The number of hydrogen-bond donors (Lipinski definition) is 1. The van der Waals surface area contributed by atoms with Crippen LogP contribution in [0, 0.1) is 0 Å². The first-order valence-corrected chi connectivity index (χ1v) is 9.86. The van der Waals surface area contributed by atoms with E-state index in [1.54, 1.807) is 11.3 Å². The van der Waals surface area contributed by atoms with E-state index in [-0.39, 0.29) is 11.9 Å². The molecular weight excluding hydrogens is 348 g/mol. The van der Waals surface area contributed by atoms with Gasteiger partial charge in [0.05, 0.1) is 6.04 Å². The van der Waals surface area contributed by atoms with Gasteiger partial charge in [0.15, 0.2) is 11.5 Å². The van der Waals surface area contributed by atoms with Crippen molar-refractivity contribution in [3.05, 3.63) is 46.2 Å². The van der Waals surface area contributed by atoms with Crippen LogP contribution in [0.5, 0.6) is 11.5 Å². The van der Waals surface area contributed by atoms with Gasteiger partial charge in [0.2, 0.25) is 5.91 Å². The Morgan fingerprint density at radius 2 is 2.04 bits per heavy atom. The van der Waals surface area contributed by atoms with E-state index in [1.807, 2.05) is 38.4 Å². The van der Waals surface area contributed by atoms with E-state index in [1.165, 1.54) is 10.4 Å². The van der Waals surface area contributed by atoms with Crippen LogP contribution in [-0.2, 0) is 11.2 Å². The number of hydrogen-bond acceptors (Lipinski definition) is 5. The highest BCUT2D eigenvalue weighted by atomic mass is 32.1. The van der Waals surface area contributed by atoms with Gasteiger partial charge in [-0.15, -0.1) is 11.3 Å². The summed E-state index contributed by atoms with van der Waals surface area (Å²) in [5.74, 6) is 1.72. The highest BCUT2D eigenvalue weighted by molar-refractivity contribution is 7.10. The summed E-state index contributed by atoms with van der Waals surface area (Å²) < 4.78 is 11.1. The Morgan fingerprint density at radius 1 is 1.23 bits per heavy atom. The monoisotopic (exact) mass is 374 g/mol. The van der Waals surface area contributed by atoms with Crippen LogP contribution in [0.3, 0.4) is 0 Å². The zero-order valence-electron chi connectivity index (χ0n) is 15.4. The Hall–Kier alpha value is -2.05. The van der Waals surface area contributed by atoms with Gasteiger partial charge in [-0.3, -0.25) is 4.79 Å². The van der Waals surface area contributed by atoms with Gasteiger partial charge in [-0.25, -0.2) is 0 Å². The van der Waals surface area contributed by atoms with Crippen molar-refractivity contribution in [3.63, 3.8) is 0 Å². The topological polar surface area (TPSA) is 50.8 Å². The predicted molar refractivity (Wildman–Crippen MR) is 104 cm³/mol. The fourth-order valence-electron chi connectivity index (χ4n) is 3.01. The minimum Gasteiger partial charge on any atom is -0.486 e. The largest absolute Gasteiger partial charge is 0.486 e. The van der Waals surface area contributed by atoms with E-state index in [4.69, 9.17) is 9.47 Å². The van der Waals surface area contributed by atoms with Crippen molar-refractivity contribution in [1.82, 2.24) is 10.2 Å². The molecule has 6 heteroatoms. The van der Waals surface area contributed by atoms with E-state index in [0.29, 0.717) is 26.2 Å². The van der Waals surface area contributed by atoms with Crippen LogP contribution in [0.1, 0.15) is 29.3 Å². The molecule has 0 bridgehead atoms. The molecule has 3 rings (SSSR count). The zero-order chi connectivity index (χ0) is 18.4. The van der Waals surface area contributed by atoms with Crippen LogP contribution in [-0.4, -0.2) is 44.7 Å². The summed E-state index contributed by atoms with van der Waals surface area (Å²) >= 11 is 1.72. The van der Waals surface area contributed by atoms with E-state index >= 15 is 0 Å². The molecule has 1 N–H and O–H groups in total. The number of nitrogens with zero attached hydrogens (tertiary/aromatic N) is 1. The van der Waals surface area contributed by atoms with Crippen molar-refractivity contribution in [1.29, 1.82) is 0 Å². The lowest BCUT2D eigenvalue weighted by atomic mass is 10.1. The standard InChI is InChI=1S/C20H26N2O3S/c1-22(2)16(19-6-4-12-26-19)14-21-20(23)7-3-5-15-8-9-17-18(13-15)25-11-10-24-17/h4,6,8-9,12-13,16H,3,5,7,10-11,14H2,1-2H3,(H,21,23). The van der Waals surface area contributed by atoms with Crippen LogP contribution in [0.2, 0.25) is 0 Å². The summed E-state index contributed by atoms with van der Waals surface area (Å²) in [6.45, 7) is 1.83. The molecule has 140 valence electrons. The quantitative estimate of drug-likeness (QED) is 0.771. The van der Waals surface area contributed by atoms with Crippen LogP contribution < -0.4 is 14.8 Å². The van der Waals surface area contributed by atoms with Crippen LogP contribution in [0.15, 0.2) is 35.7 Å². The Bertz CT molecular complexity index is 716. The Labute approximate surface area is 158 Å². The molecule has 5 nitrogen and oxygen atoms in total. The van der Waals surface area contributed by atoms with Gasteiger partial charge >= 0.3 is 0 Å². The van der Waals surface area contributed by atoms with Crippen molar-refractivity contribution in [2.45, 2.75) is 25.3 Å². The number of aryl methyl sites for hydroxylation is 1. The molecule has 1 aromatic carbocycles. The molecule has 1 amide bonds. The highest BCUT2D eigenvalue weighted by Crippen LogP contribution is 2.31. The molecule has 0 aliphatic carbocycles. The maximum absolute atomic E-state index is 12.2. The lowest BCUT2D eigenvalue weighted by molar-refractivity contribution is -0.121. The first kappa shape index (κ1) is 18.7. The first-order valence-electron chi connectivity index (χ1n) is 8.98. The van der Waals surface area contributed by atoms with Gasteiger partial charge in [-0.2, -0.15) is 0 Å². The number of likely N-dealkylation sites (N-methyl/N-ethyl adjacent to an activating group) is 1. The third-order valence-corrected chi connectivity index (χ3v) is 5.44. The second-order valence-electron chi connectivity index (χ2n) is 6.63. The Balaban J connectivity index is 1.43. The number of carbonyl (C=O) groups excluding carboxylic acids is 1. The summed E-state index contributed by atoms with van der Waals surface area (Å²) in [6, 6.07) is 10.4. The SMILES string of the molecule is CN(C)C(CNC(=O)CCCc1ccc2c(c1)OCCO2)c1cccs1. The van der Waals surface area contributed by atoms with E-state index < -0.39 is 0 Å². The number of fused-ring (bicyclic) bond motifs is 1. The number of carbonyl (C=O) groups is 1. The van der Waals surface area contributed by atoms with Crippen LogP contribution >= 0.6 is 11.3 Å². The van der Waals surface area contributed by atoms with E-state index in [0.717, 1.165) is 24.3 Å². The molecule has 26 heavy (non-hydrogen) atoms. The fraction of sp³-hybridized carbons (Fsp3) is 0.450. The minimum atomic E-state index is 0.103. The number of ether oxygens (including phenoxy) is 2. The molecule has 0 radical (unpaired) electrons. The third-order valence-electron chi connectivity index (χ3n) is 4.46. The highest BCUT2D eigenvalue weighted by Gasteiger charge is 2.16. The van der Waals surface area contributed by atoms with E-state index in [2.05, 4.69) is 21.7 Å². The summed E-state index contributed by atoms with van der Waals surface area (Å²) in [4.78, 5) is 15.6. The molecular formula is C20H26N2O3S. The average Bonchev–Trinajstić information content (AvgIpc) is 3.16. The molecule has 0 spiro atoms. The maximum atomic E-state index is 12.2. The minimum absolute atomic E-state index is 0.103. The number of rotatable bonds is 8. The Kier molecular flexibility index (Phi) is 6.52. The zero-order valence-corrected chi connectivity index (χ0v) is 16.2. The molecule has 0 saturated heterocycles. The lowest BCUT2D eigenvalue weighted by Crippen LogP contribution is -2.34. The van der Waals surface area contributed by atoms with Crippen LogP contribution in [0.25, 0.3) is 0 Å².